The maximum absolute atomic E-state index is 13.7. The number of nitrogens with zero attached hydrogens (tertiary/aromatic N) is 1. The molecule has 2 atom stereocenters. The zero-order valence-electron chi connectivity index (χ0n) is 20.7. The van der Waals surface area contributed by atoms with Gasteiger partial charge in [0.05, 0.1) is 25.4 Å². The third-order valence-corrected chi connectivity index (χ3v) is 7.17. The van der Waals surface area contributed by atoms with Crippen molar-refractivity contribution >= 4 is 17.6 Å². The number of aryl methyl sites for hydroxylation is 1. The Hall–Kier alpha value is -3.64. The van der Waals surface area contributed by atoms with E-state index < -0.39 is 12.1 Å². The van der Waals surface area contributed by atoms with Crippen molar-refractivity contribution in [1.29, 1.82) is 0 Å². The van der Waals surface area contributed by atoms with Gasteiger partial charge < -0.3 is 19.9 Å². The molecule has 0 unspecified atom stereocenters. The van der Waals surface area contributed by atoms with Crippen molar-refractivity contribution in [2.75, 3.05) is 7.11 Å². The monoisotopic (exact) mass is 484 g/mol. The van der Waals surface area contributed by atoms with Crippen LogP contribution in [0.2, 0.25) is 0 Å². The van der Waals surface area contributed by atoms with E-state index in [0.29, 0.717) is 23.5 Å². The van der Waals surface area contributed by atoms with E-state index >= 15 is 0 Å². The standard InChI is InChI=1S/C30H32N2O4/c1-19-15-27(35-2)28(36-23-8-4-5-9-23)18-22(19)16-25(20-11-13-31-14-12-20)30(34)32-29-24-10-6-3-7-21(24)17-26(29)33/h3,6-7,10-16,18,23,26,29,33H,4-5,8-9,17H2,1-2H3,(H,32,34)/b25-16+/t26-,29+/m1/s1. The van der Waals surface area contributed by atoms with Gasteiger partial charge in [0, 0.05) is 24.4 Å². The highest BCUT2D eigenvalue weighted by Gasteiger charge is 2.32. The SMILES string of the molecule is COc1cc(C)c(/C=C(/C(=O)N[C@H]2c3ccccc3C[C@H]2O)c2ccncc2)cc1OC1CCCC1. The molecule has 0 bridgehead atoms. The van der Waals surface area contributed by atoms with Crippen LogP contribution in [0.25, 0.3) is 11.6 Å². The van der Waals surface area contributed by atoms with E-state index in [1.54, 1.807) is 19.5 Å². The number of ether oxygens (including phenoxy) is 2. The predicted molar refractivity (Wildman–Crippen MR) is 140 cm³/mol. The maximum Gasteiger partial charge on any atom is 0.252 e. The van der Waals surface area contributed by atoms with Crippen LogP contribution < -0.4 is 14.8 Å². The Morgan fingerprint density at radius 1 is 1.08 bits per heavy atom. The highest BCUT2D eigenvalue weighted by Crippen LogP contribution is 2.36. The van der Waals surface area contributed by atoms with E-state index in [2.05, 4.69) is 10.3 Å². The fourth-order valence-corrected chi connectivity index (χ4v) is 5.20. The highest BCUT2D eigenvalue weighted by atomic mass is 16.5. The number of hydrogen-bond acceptors (Lipinski definition) is 5. The number of pyridine rings is 1. The number of amides is 1. The molecule has 1 amide bonds. The molecule has 36 heavy (non-hydrogen) atoms. The number of hydrogen-bond donors (Lipinski definition) is 2. The number of nitrogens with one attached hydrogen (secondary N) is 1. The van der Waals surface area contributed by atoms with Crippen LogP contribution in [-0.2, 0) is 11.2 Å². The van der Waals surface area contributed by atoms with Gasteiger partial charge in [0.1, 0.15) is 0 Å². The second kappa shape index (κ2) is 10.5. The van der Waals surface area contributed by atoms with Gasteiger partial charge >= 0.3 is 0 Å². The summed E-state index contributed by atoms with van der Waals surface area (Å²) in [6, 6.07) is 14.9. The van der Waals surface area contributed by atoms with Crippen molar-refractivity contribution in [2.24, 2.45) is 0 Å². The average molecular weight is 485 g/mol. The fourth-order valence-electron chi connectivity index (χ4n) is 5.20. The molecule has 5 rings (SSSR count). The Morgan fingerprint density at radius 2 is 1.83 bits per heavy atom. The first-order chi connectivity index (χ1) is 17.5. The molecular weight excluding hydrogens is 452 g/mol. The van der Waals surface area contributed by atoms with Crippen LogP contribution in [0.15, 0.2) is 60.9 Å². The molecule has 3 aromatic rings. The Balaban J connectivity index is 1.51. The minimum Gasteiger partial charge on any atom is -0.493 e. The van der Waals surface area contributed by atoms with Crippen LogP contribution in [0.4, 0.5) is 0 Å². The molecule has 0 radical (unpaired) electrons. The van der Waals surface area contributed by atoms with E-state index in [-0.39, 0.29) is 12.0 Å². The third kappa shape index (κ3) is 5.00. The van der Waals surface area contributed by atoms with Crippen molar-refractivity contribution in [3.8, 4) is 11.5 Å². The zero-order chi connectivity index (χ0) is 25.1. The lowest BCUT2D eigenvalue weighted by atomic mass is 9.99. The van der Waals surface area contributed by atoms with Gasteiger partial charge in [-0.2, -0.15) is 0 Å². The number of aromatic nitrogens is 1. The number of methoxy groups -OCH3 is 1. The number of aliphatic hydroxyl groups is 1. The summed E-state index contributed by atoms with van der Waals surface area (Å²) in [5.74, 6) is 1.13. The topological polar surface area (TPSA) is 80.7 Å². The Morgan fingerprint density at radius 3 is 2.58 bits per heavy atom. The number of rotatable bonds is 7. The minimum atomic E-state index is -0.667. The Bertz CT molecular complexity index is 1270. The van der Waals surface area contributed by atoms with Crippen LogP contribution in [0.3, 0.4) is 0 Å². The lowest BCUT2D eigenvalue weighted by Crippen LogP contribution is -2.34. The smallest absolute Gasteiger partial charge is 0.252 e. The molecule has 6 heteroatoms. The molecule has 2 aromatic carbocycles. The number of carbonyl (C=O) groups excluding carboxylic acids is 1. The number of benzene rings is 2. The van der Waals surface area contributed by atoms with Crippen molar-refractivity contribution in [2.45, 2.75) is 57.3 Å². The molecule has 1 saturated carbocycles. The molecule has 0 saturated heterocycles. The lowest BCUT2D eigenvalue weighted by molar-refractivity contribution is -0.117. The molecule has 2 aliphatic rings. The quantitative estimate of drug-likeness (QED) is 0.460. The van der Waals surface area contributed by atoms with Crippen molar-refractivity contribution < 1.29 is 19.4 Å². The van der Waals surface area contributed by atoms with E-state index in [0.717, 1.165) is 40.7 Å². The first-order valence-electron chi connectivity index (χ1n) is 12.6. The first-order valence-corrected chi connectivity index (χ1v) is 12.6. The van der Waals surface area contributed by atoms with Gasteiger partial charge in [-0.05, 0) is 90.8 Å². The van der Waals surface area contributed by atoms with Gasteiger partial charge in [0.2, 0.25) is 0 Å². The summed E-state index contributed by atoms with van der Waals surface area (Å²) in [5, 5.41) is 13.8. The second-order valence-electron chi connectivity index (χ2n) is 9.60. The van der Waals surface area contributed by atoms with Crippen molar-refractivity contribution in [1.82, 2.24) is 10.3 Å². The summed E-state index contributed by atoms with van der Waals surface area (Å²) < 4.78 is 11.9. The van der Waals surface area contributed by atoms with Crippen LogP contribution in [-0.4, -0.2) is 35.3 Å². The van der Waals surface area contributed by atoms with Gasteiger partial charge in [0.25, 0.3) is 5.91 Å². The second-order valence-corrected chi connectivity index (χ2v) is 9.60. The Kier molecular flexibility index (Phi) is 7.05. The molecular formula is C30H32N2O4. The van der Waals surface area contributed by atoms with Crippen molar-refractivity contribution in [3.63, 3.8) is 0 Å². The van der Waals surface area contributed by atoms with Crippen LogP contribution in [0, 0.1) is 6.92 Å². The largest absolute Gasteiger partial charge is 0.493 e. The van der Waals surface area contributed by atoms with Crippen LogP contribution >= 0.6 is 0 Å². The average Bonchev–Trinajstić information content (AvgIpc) is 3.52. The van der Waals surface area contributed by atoms with Gasteiger partial charge in [-0.1, -0.05) is 24.3 Å². The van der Waals surface area contributed by atoms with E-state index in [1.165, 1.54) is 12.8 Å². The van der Waals surface area contributed by atoms with E-state index in [1.807, 2.05) is 61.5 Å². The van der Waals surface area contributed by atoms with E-state index in [9.17, 15) is 9.90 Å². The van der Waals surface area contributed by atoms with E-state index in [4.69, 9.17) is 9.47 Å². The Labute approximate surface area is 212 Å². The summed E-state index contributed by atoms with van der Waals surface area (Å²) in [7, 11) is 1.65. The molecule has 1 aromatic heterocycles. The summed E-state index contributed by atoms with van der Waals surface area (Å²) in [4.78, 5) is 17.8. The lowest BCUT2D eigenvalue weighted by Gasteiger charge is -2.20. The molecule has 6 nitrogen and oxygen atoms in total. The summed E-state index contributed by atoms with van der Waals surface area (Å²) in [6.07, 6.45) is 9.70. The maximum atomic E-state index is 13.7. The summed E-state index contributed by atoms with van der Waals surface area (Å²) >= 11 is 0. The third-order valence-electron chi connectivity index (χ3n) is 7.17. The molecule has 0 spiro atoms. The zero-order valence-corrected chi connectivity index (χ0v) is 20.7. The number of carbonyl (C=O) groups is 1. The highest BCUT2D eigenvalue weighted by molar-refractivity contribution is 6.24. The minimum absolute atomic E-state index is 0.185. The van der Waals surface area contributed by atoms with Gasteiger partial charge in [-0.25, -0.2) is 0 Å². The molecule has 186 valence electrons. The van der Waals surface area contributed by atoms with Gasteiger partial charge in [-0.3, -0.25) is 9.78 Å². The molecule has 0 aliphatic heterocycles. The van der Waals surface area contributed by atoms with Crippen LogP contribution in [0.1, 0.15) is 59.5 Å². The number of aliphatic hydroxyl groups excluding tert-OH is 1. The molecule has 1 fully saturated rings. The summed E-state index contributed by atoms with van der Waals surface area (Å²) in [5.41, 5.74) is 5.10. The van der Waals surface area contributed by atoms with Crippen LogP contribution in [0.5, 0.6) is 11.5 Å². The molecule has 2 N–H and O–H groups in total. The predicted octanol–water partition coefficient (Wildman–Crippen LogP) is 5.04. The first kappa shape index (κ1) is 24.1. The molecule has 2 aliphatic carbocycles. The normalized spacial score (nSPS) is 19.7. The van der Waals surface area contributed by atoms with Gasteiger partial charge in [0.15, 0.2) is 11.5 Å². The number of fused-ring (bicyclic) bond motifs is 1. The van der Waals surface area contributed by atoms with Gasteiger partial charge in [-0.15, -0.1) is 0 Å². The molecule has 1 heterocycles. The fraction of sp³-hybridized carbons (Fsp3) is 0.333. The summed E-state index contributed by atoms with van der Waals surface area (Å²) in [6.45, 7) is 1.99. The van der Waals surface area contributed by atoms with Crippen molar-refractivity contribution in [3.05, 3.63) is 88.7 Å².